The van der Waals surface area contributed by atoms with Gasteiger partial charge in [0, 0.05) is 12.4 Å². The molecule has 0 saturated heterocycles. The quantitative estimate of drug-likeness (QED) is 0.674. The minimum atomic E-state index is -0.299. The van der Waals surface area contributed by atoms with Crippen LogP contribution < -0.4 is 11.4 Å². The van der Waals surface area contributed by atoms with E-state index in [2.05, 4.69) is 27.8 Å². The molecule has 0 radical (unpaired) electrons. The number of nitrogen functional groups attached to an aromatic ring is 1. The van der Waals surface area contributed by atoms with Gasteiger partial charge in [0.25, 0.3) is 0 Å². The predicted octanol–water partition coefficient (Wildman–Crippen LogP) is 0.620. The zero-order valence-electron chi connectivity index (χ0n) is 10.7. The number of rotatable bonds is 2. The first-order valence-corrected chi connectivity index (χ1v) is 6.31. The van der Waals surface area contributed by atoms with E-state index in [0.717, 1.165) is 5.56 Å². The molecule has 102 valence electrons. The van der Waals surface area contributed by atoms with Gasteiger partial charge in [-0.25, -0.2) is 18.7 Å². The van der Waals surface area contributed by atoms with E-state index in [1.165, 1.54) is 8.54 Å². The van der Waals surface area contributed by atoms with Gasteiger partial charge in [0.15, 0.2) is 11.5 Å². The fourth-order valence-electron chi connectivity index (χ4n) is 2.08. The largest absolute Gasteiger partial charge is 0.382 e. The van der Waals surface area contributed by atoms with E-state index in [0.29, 0.717) is 23.5 Å². The molecule has 0 spiro atoms. The molecule has 0 aliphatic heterocycles. The van der Waals surface area contributed by atoms with Crippen molar-refractivity contribution in [3.05, 3.63) is 46.4 Å². The molecule has 0 aliphatic rings. The Morgan fingerprint density at radius 3 is 2.70 bits per heavy atom. The van der Waals surface area contributed by atoms with E-state index in [4.69, 9.17) is 5.73 Å². The minimum absolute atomic E-state index is 0.244. The molecule has 2 N–H and O–H groups in total. The van der Waals surface area contributed by atoms with Crippen molar-refractivity contribution in [2.45, 2.75) is 13.5 Å². The summed E-state index contributed by atoms with van der Waals surface area (Å²) < 4.78 is 2.69. The Morgan fingerprint density at radius 1 is 1.30 bits per heavy atom. The fraction of sp³-hybridized carbons (Fsp3) is 0.167. The molecule has 3 heterocycles. The zero-order chi connectivity index (χ0) is 14.3. The number of aryl methyl sites for hydroxylation is 1. The highest BCUT2D eigenvalue weighted by Gasteiger charge is 2.16. The summed E-state index contributed by atoms with van der Waals surface area (Å²) in [4.78, 5) is 24.6. The SMILES string of the molecule is Cc1nc(N)c2c(n1)n(Cc1ccncc1)c(=O)n2S. The van der Waals surface area contributed by atoms with Gasteiger partial charge in [-0.05, 0) is 24.6 Å². The van der Waals surface area contributed by atoms with E-state index in [1.807, 2.05) is 12.1 Å². The van der Waals surface area contributed by atoms with E-state index in [9.17, 15) is 4.79 Å². The Morgan fingerprint density at radius 2 is 2.00 bits per heavy atom. The number of imidazole rings is 1. The van der Waals surface area contributed by atoms with Crippen molar-refractivity contribution < 1.29 is 0 Å². The van der Waals surface area contributed by atoms with Crippen LogP contribution >= 0.6 is 12.8 Å². The van der Waals surface area contributed by atoms with E-state index in [-0.39, 0.29) is 11.5 Å². The highest BCUT2D eigenvalue weighted by atomic mass is 32.1. The van der Waals surface area contributed by atoms with E-state index < -0.39 is 0 Å². The molecule has 8 heteroatoms. The van der Waals surface area contributed by atoms with Crippen LogP contribution in [0.1, 0.15) is 11.4 Å². The maximum atomic E-state index is 12.3. The van der Waals surface area contributed by atoms with E-state index >= 15 is 0 Å². The highest BCUT2D eigenvalue weighted by molar-refractivity contribution is 7.78. The normalized spacial score (nSPS) is 11.1. The first-order valence-electron chi connectivity index (χ1n) is 5.91. The molecule has 0 bridgehead atoms. The van der Waals surface area contributed by atoms with Crippen LogP contribution in [0, 0.1) is 6.92 Å². The van der Waals surface area contributed by atoms with Crippen molar-refractivity contribution in [2.75, 3.05) is 5.73 Å². The smallest absolute Gasteiger partial charge is 0.340 e. The molecule has 0 unspecified atom stereocenters. The maximum Gasteiger partial charge on any atom is 0.340 e. The number of nitrogens with two attached hydrogens (primary N) is 1. The summed E-state index contributed by atoms with van der Waals surface area (Å²) in [5.41, 5.74) is 7.40. The first kappa shape index (κ1) is 12.7. The van der Waals surface area contributed by atoms with Crippen LogP contribution in [0.2, 0.25) is 0 Å². The lowest BCUT2D eigenvalue weighted by atomic mass is 10.3. The number of nitrogens with zero attached hydrogens (tertiary/aromatic N) is 5. The van der Waals surface area contributed by atoms with Crippen LogP contribution in [-0.4, -0.2) is 23.5 Å². The van der Waals surface area contributed by atoms with Gasteiger partial charge in [-0.2, -0.15) is 0 Å². The second-order valence-electron chi connectivity index (χ2n) is 4.36. The Balaban J connectivity index is 2.25. The van der Waals surface area contributed by atoms with Crippen LogP contribution in [0.3, 0.4) is 0 Å². The highest BCUT2D eigenvalue weighted by Crippen LogP contribution is 2.18. The van der Waals surface area contributed by atoms with E-state index in [1.54, 1.807) is 19.3 Å². The second-order valence-corrected chi connectivity index (χ2v) is 4.76. The Hall–Kier alpha value is -2.35. The minimum Gasteiger partial charge on any atom is -0.382 e. The maximum absolute atomic E-state index is 12.3. The lowest BCUT2D eigenvalue weighted by molar-refractivity contribution is 0.769. The van der Waals surface area contributed by atoms with Crippen LogP contribution in [-0.2, 0) is 6.54 Å². The lowest BCUT2D eigenvalue weighted by Gasteiger charge is -2.03. The molecule has 0 amide bonds. The third-order valence-electron chi connectivity index (χ3n) is 2.97. The summed E-state index contributed by atoms with van der Waals surface area (Å²) in [5.74, 6) is 0.755. The first-order chi connectivity index (χ1) is 9.58. The summed E-state index contributed by atoms with van der Waals surface area (Å²) in [7, 11) is 0. The Kier molecular flexibility index (Phi) is 2.94. The molecule has 0 aliphatic carbocycles. The van der Waals surface area contributed by atoms with Crippen molar-refractivity contribution in [1.29, 1.82) is 0 Å². The van der Waals surface area contributed by atoms with Gasteiger partial charge < -0.3 is 5.73 Å². The molecule has 0 saturated carbocycles. The number of anilines is 1. The molecule has 20 heavy (non-hydrogen) atoms. The van der Waals surface area contributed by atoms with Crippen LogP contribution in [0.15, 0.2) is 29.3 Å². The van der Waals surface area contributed by atoms with Crippen LogP contribution in [0.5, 0.6) is 0 Å². The third kappa shape index (κ3) is 1.94. The standard InChI is InChI=1S/C12H12N6OS/c1-7-15-10(13)9-11(16-7)17(12(19)18(9)20)6-8-2-4-14-5-3-8/h2-5,20H,6H2,1H3,(H2,13,15,16). The summed E-state index contributed by atoms with van der Waals surface area (Å²) in [6.45, 7) is 2.11. The lowest BCUT2D eigenvalue weighted by Crippen LogP contribution is -2.21. The summed E-state index contributed by atoms with van der Waals surface area (Å²) in [5, 5.41) is 0. The molecular formula is C12H12N6OS. The van der Waals surface area contributed by atoms with Crippen LogP contribution in [0.4, 0.5) is 5.82 Å². The fourth-order valence-corrected chi connectivity index (χ4v) is 2.38. The average Bonchev–Trinajstić information content (AvgIpc) is 2.65. The number of thiol groups is 1. The molecule has 3 aromatic heterocycles. The molecule has 0 aromatic carbocycles. The summed E-state index contributed by atoms with van der Waals surface area (Å²) in [6, 6.07) is 3.68. The van der Waals surface area contributed by atoms with Crippen molar-refractivity contribution in [2.24, 2.45) is 0 Å². The molecule has 3 aromatic rings. The second kappa shape index (κ2) is 4.64. The summed E-state index contributed by atoms with van der Waals surface area (Å²) >= 11 is 4.17. The van der Waals surface area contributed by atoms with Gasteiger partial charge in [0.1, 0.15) is 11.3 Å². The Labute approximate surface area is 119 Å². The van der Waals surface area contributed by atoms with Crippen molar-refractivity contribution in [3.8, 4) is 0 Å². The van der Waals surface area contributed by atoms with Gasteiger partial charge in [-0.3, -0.25) is 9.55 Å². The van der Waals surface area contributed by atoms with Crippen molar-refractivity contribution >= 4 is 29.8 Å². The molecule has 0 fully saturated rings. The van der Waals surface area contributed by atoms with Crippen molar-refractivity contribution in [3.63, 3.8) is 0 Å². The molecular weight excluding hydrogens is 276 g/mol. The molecule has 3 rings (SSSR count). The number of pyridine rings is 1. The molecule has 7 nitrogen and oxygen atoms in total. The van der Waals surface area contributed by atoms with Gasteiger partial charge in [0.05, 0.1) is 6.54 Å². The summed E-state index contributed by atoms with van der Waals surface area (Å²) in [6.07, 6.45) is 3.35. The van der Waals surface area contributed by atoms with Gasteiger partial charge in [0.2, 0.25) is 0 Å². The average molecular weight is 288 g/mol. The van der Waals surface area contributed by atoms with Gasteiger partial charge in [-0.1, -0.05) is 12.8 Å². The number of aromatic nitrogens is 5. The topological polar surface area (TPSA) is 91.6 Å². The monoisotopic (exact) mass is 288 g/mol. The Bertz CT molecular complexity index is 839. The third-order valence-corrected chi connectivity index (χ3v) is 3.35. The molecule has 0 atom stereocenters. The number of hydrogen-bond acceptors (Lipinski definition) is 6. The number of fused-ring (bicyclic) bond motifs is 1. The van der Waals surface area contributed by atoms with Crippen LogP contribution in [0.25, 0.3) is 11.2 Å². The van der Waals surface area contributed by atoms with Gasteiger partial charge in [-0.15, -0.1) is 0 Å². The van der Waals surface area contributed by atoms with Crippen molar-refractivity contribution in [1.82, 2.24) is 23.5 Å². The van der Waals surface area contributed by atoms with Gasteiger partial charge >= 0.3 is 5.69 Å². The predicted molar refractivity (Wildman–Crippen MR) is 78.7 cm³/mol. The number of hydrogen-bond donors (Lipinski definition) is 2. The zero-order valence-corrected chi connectivity index (χ0v) is 11.6.